The third-order valence-corrected chi connectivity index (χ3v) is 3.83. The van der Waals surface area contributed by atoms with E-state index in [4.69, 9.17) is 0 Å². The molecule has 0 saturated carbocycles. The van der Waals surface area contributed by atoms with Gasteiger partial charge in [-0.1, -0.05) is 48.0 Å². The summed E-state index contributed by atoms with van der Waals surface area (Å²) in [5.41, 5.74) is 5.75. The van der Waals surface area contributed by atoms with Gasteiger partial charge < -0.3 is 5.11 Å². The third-order valence-electron chi connectivity index (χ3n) is 3.83. The minimum absolute atomic E-state index is 0.346. The lowest BCUT2D eigenvalue weighted by atomic mass is 9.90. The smallest absolute Gasteiger partial charge is 0.124 e. The number of hydrogen-bond donors (Lipinski definition) is 1. The molecule has 0 radical (unpaired) electrons. The number of fused-ring (bicyclic) bond motifs is 1. The van der Waals surface area contributed by atoms with Gasteiger partial charge in [-0.2, -0.15) is 0 Å². The van der Waals surface area contributed by atoms with E-state index in [1.165, 1.54) is 16.7 Å². The second-order valence-corrected chi connectivity index (χ2v) is 5.45. The van der Waals surface area contributed by atoms with Gasteiger partial charge in [0, 0.05) is 5.56 Å². The maximum atomic E-state index is 10.4. The summed E-state index contributed by atoms with van der Waals surface area (Å²) < 4.78 is 0. The second-order valence-electron chi connectivity index (χ2n) is 5.45. The van der Waals surface area contributed by atoms with Gasteiger partial charge in [0.1, 0.15) is 5.75 Å². The molecule has 3 rings (SSSR count). The van der Waals surface area contributed by atoms with Crippen LogP contribution < -0.4 is 0 Å². The summed E-state index contributed by atoms with van der Waals surface area (Å²) in [5.74, 6) is 0.346. The molecule has 0 saturated heterocycles. The fourth-order valence-corrected chi connectivity index (χ4v) is 3.10. The first kappa shape index (κ1) is 12.7. The SMILES string of the molecule is Cc1cc(C)c(-c2c(O)ccc3ccccc23)c(C)c1. The number of aromatic hydroxyl groups is 1. The Bertz CT molecular complexity index is 777. The number of hydrogen-bond acceptors (Lipinski definition) is 1. The highest BCUT2D eigenvalue weighted by atomic mass is 16.3. The monoisotopic (exact) mass is 262 g/mol. The Kier molecular flexibility index (Phi) is 2.98. The average Bonchev–Trinajstić information content (AvgIpc) is 2.40. The minimum atomic E-state index is 0.346. The Labute approximate surface area is 119 Å². The molecule has 0 aliphatic heterocycles. The highest BCUT2D eigenvalue weighted by Crippen LogP contribution is 2.39. The summed E-state index contributed by atoms with van der Waals surface area (Å²) in [7, 11) is 0. The predicted octanol–water partition coefficient (Wildman–Crippen LogP) is 5.14. The summed E-state index contributed by atoms with van der Waals surface area (Å²) in [6.45, 7) is 6.32. The van der Waals surface area contributed by atoms with Crippen LogP contribution in [0.3, 0.4) is 0 Å². The van der Waals surface area contributed by atoms with Gasteiger partial charge in [0.2, 0.25) is 0 Å². The van der Waals surface area contributed by atoms with Crippen molar-refractivity contribution in [1.29, 1.82) is 0 Å². The Morgan fingerprint density at radius 2 is 1.40 bits per heavy atom. The van der Waals surface area contributed by atoms with E-state index in [1.807, 2.05) is 18.2 Å². The molecule has 0 amide bonds. The van der Waals surface area contributed by atoms with Crippen LogP contribution in [0.1, 0.15) is 16.7 Å². The van der Waals surface area contributed by atoms with E-state index >= 15 is 0 Å². The first-order chi connectivity index (χ1) is 9.58. The second kappa shape index (κ2) is 4.68. The molecule has 0 unspecified atom stereocenters. The highest BCUT2D eigenvalue weighted by molar-refractivity contribution is 6.01. The van der Waals surface area contributed by atoms with Crippen LogP contribution in [0.4, 0.5) is 0 Å². The summed E-state index contributed by atoms with van der Waals surface area (Å²) >= 11 is 0. The number of phenolic OH excluding ortho intramolecular Hbond substituents is 1. The van der Waals surface area contributed by atoms with E-state index in [1.54, 1.807) is 6.07 Å². The zero-order chi connectivity index (χ0) is 14.3. The summed E-state index contributed by atoms with van der Waals surface area (Å²) in [4.78, 5) is 0. The van der Waals surface area contributed by atoms with Crippen LogP contribution in [-0.2, 0) is 0 Å². The molecule has 1 N–H and O–H groups in total. The molecule has 100 valence electrons. The lowest BCUT2D eigenvalue weighted by Gasteiger charge is -2.15. The van der Waals surface area contributed by atoms with Gasteiger partial charge in [0.15, 0.2) is 0 Å². The summed E-state index contributed by atoms with van der Waals surface area (Å²) in [6, 6.07) is 16.3. The van der Waals surface area contributed by atoms with E-state index in [-0.39, 0.29) is 0 Å². The first-order valence-electron chi connectivity index (χ1n) is 6.87. The number of benzene rings is 3. The highest BCUT2D eigenvalue weighted by Gasteiger charge is 2.14. The van der Waals surface area contributed by atoms with E-state index in [0.717, 1.165) is 21.9 Å². The molecule has 0 atom stereocenters. The third kappa shape index (κ3) is 1.96. The Balaban J connectivity index is 2.44. The molecule has 0 heterocycles. The Morgan fingerprint density at radius 3 is 2.10 bits per heavy atom. The fraction of sp³-hybridized carbons (Fsp3) is 0.158. The Hall–Kier alpha value is -2.28. The van der Waals surface area contributed by atoms with Crippen LogP contribution in [0.15, 0.2) is 48.5 Å². The number of rotatable bonds is 1. The number of phenols is 1. The van der Waals surface area contributed by atoms with Gasteiger partial charge in [-0.05, 0) is 54.3 Å². The van der Waals surface area contributed by atoms with Crippen LogP contribution in [-0.4, -0.2) is 5.11 Å². The molecule has 0 fully saturated rings. The fourth-order valence-electron chi connectivity index (χ4n) is 3.10. The van der Waals surface area contributed by atoms with Crippen molar-refractivity contribution in [3.63, 3.8) is 0 Å². The van der Waals surface area contributed by atoms with Crippen molar-refractivity contribution in [3.8, 4) is 16.9 Å². The van der Waals surface area contributed by atoms with E-state index in [0.29, 0.717) is 5.75 Å². The van der Waals surface area contributed by atoms with Crippen LogP contribution in [0.2, 0.25) is 0 Å². The molecule has 20 heavy (non-hydrogen) atoms. The number of aryl methyl sites for hydroxylation is 3. The molecule has 0 bridgehead atoms. The molecule has 1 nitrogen and oxygen atoms in total. The molecule has 0 aliphatic carbocycles. The average molecular weight is 262 g/mol. The van der Waals surface area contributed by atoms with Crippen molar-refractivity contribution < 1.29 is 5.11 Å². The van der Waals surface area contributed by atoms with E-state index < -0.39 is 0 Å². The summed E-state index contributed by atoms with van der Waals surface area (Å²) in [5, 5.41) is 12.6. The lowest BCUT2D eigenvalue weighted by molar-refractivity contribution is 0.478. The van der Waals surface area contributed by atoms with Gasteiger partial charge in [-0.25, -0.2) is 0 Å². The van der Waals surface area contributed by atoms with Crippen LogP contribution in [0, 0.1) is 20.8 Å². The predicted molar refractivity (Wildman–Crippen MR) is 85.3 cm³/mol. The van der Waals surface area contributed by atoms with Gasteiger partial charge in [0.05, 0.1) is 0 Å². The van der Waals surface area contributed by atoms with Crippen LogP contribution in [0.5, 0.6) is 5.75 Å². The van der Waals surface area contributed by atoms with Crippen LogP contribution in [0.25, 0.3) is 21.9 Å². The first-order valence-corrected chi connectivity index (χ1v) is 6.87. The Morgan fingerprint density at radius 1 is 0.750 bits per heavy atom. The molecule has 3 aromatic rings. The molecule has 0 aliphatic rings. The topological polar surface area (TPSA) is 20.2 Å². The van der Waals surface area contributed by atoms with Gasteiger partial charge in [-0.3, -0.25) is 0 Å². The van der Waals surface area contributed by atoms with Crippen LogP contribution >= 0.6 is 0 Å². The standard InChI is InChI=1S/C19H18O/c1-12-10-13(2)18(14(3)11-12)19-16-7-5-4-6-15(16)8-9-17(19)20/h4-11,20H,1-3H3. The van der Waals surface area contributed by atoms with Crippen molar-refractivity contribution in [3.05, 3.63) is 65.2 Å². The molecular formula is C19H18O. The molecule has 0 aromatic heterocycles. The maximum absolute atomic E-state index is 10.4. The van der Waals surface area contributed by atoms with Gasteiger partial charge in [-0.15, -0.1) is 0 Å². The van der Waals surface area contributed by atoms with Crippen molar-refractivity contribution in [2.45, 2.75) is 20.8 Å². The van der Waals surface area contributed by atoms with Gasteiger partial charge >= 0.3 is 0 Å². The quantitative estimate of drug-likeness (QED) is 0.644. The van der Waals surface area contributed by atoms with Gasteiger partial charge in [0.25, 0.3) is 0 Å². The molecule has 1 heteroatoms. The zero-order valence-electron chi connectivity index (χ0n) is 12.1. The summed E-state index contributed by atoms with van der Waals surface area (Å²) in [6.07, 6.45) is 0. The van der Waals surface area contributed by atoms with Crippen molar-refractivity contribution >= 4 is 10.8 Å². The minimum Gasteiger partial charge on any atom is -0.507 e. The van der Waals surface area contributed by atoms with E-state index in [9.17, 15) is 5.11 Å². The largest absolute Gasteiger partial charge is 0.507 e. The normalized spacial score (nSPS) is 10.9. The van der Waals surface area contributed by atoms with Crippen molar-refractivity contribution in [2.75, 3.05) is 0 Å². The molecule has 0 spiro atoms. The van der Waals surface area contributed by atoms with Crippen molar-refractivity contribution in [1.82, 2.24) is 0 Å². The van der Waals surface area contributed by atoms with Crippen molar-refractivity contribution in [2.24, 2.45) is 0 Å². The lowest BCUT2D eigenvalue weighted by Crippen LogP contribution is -1.92. The maximum Gasteiger partial charge on any atom is 0.124 e. The van der Waals surface area contributed by atoms with E-state index in [2.05, 4.69) is 45.0 Å². The molecular weight excluding hydrogens is 244 g/mol. The zero-order valence-corrected chi connectivity index (χ0v) is 12.1. The molecule has 3 aromatic carbocycles.